The minimum atomic E-state index is 0.250. The van der Waals surface area contributed by atoms with E-state index in [0.717, 1.165) is 0 Å². The van der Waals surface area contributed by atoms with Crippen molar-refractivity contribution in [2.75, 3.05) is 6.61 Å². The van der Waals surface area contributed by atoms with Crippen molar-refractivity contribution in [3.8, 4) is 0 Å². The molecule has 0 heterocycles. The molecule has 0 aliphatic heterocycles. The molecular formula is C9H22O. The van der Waals surface area contributed by atoms with Crippen LogP contribution in [-0.4, -0.2) is 11.7 Å². The van der Waals surface area contributed by atoms with Crippen molar-refractivity contribution in [3.05, 3.63) is 0 Å². The largest absolute Gasteiger partial charge is 0.397 e. The van der Waals surface area contributed by atoms with E-state index >= 15 is 0 Å². The van der Waals surface area contributed by atoms with Gasteiger partial charge in [0.1, 0.15) is 0 Å². The average molecular weight is 146 g/mol. The molecule has 0 radical (unpaired) electrons. The summed E-state index contributed by atoms with van der Waals surface area (Å²) in [5.74, 6) is 0. The van der Waals surface area contributed by atoms with E-state index < -0.39 is 0 Å². The number of unbranched alkanes of at least 4 members (excludes halogenated alkanes) is 4. The normalized spacial score (nSPS) is 8.40. The van der Waals surface area contributed by atoms with Gasteiger partial charge in [-0.15, -0.1) is 0 Å². The highest BCUT2D eigenvalue weighted by Gasteiger charge is 1.80. The van der Waals surface area contributed by atoms with Gasteiger partial charge in [-0.05, 0) is 6.92 Å². The van der Waals surface area contributed by atoms with Crippen molar-refractivity contribution in [1.29, 1.82) is 0 Å². The first-order chi connectivity index (χ1) is 4.83. The van der Waals surface area contributed by atoms with Gasteiger partial charge in [0.15, 0.2) is 0 Å². The minimum absolute atomic E-state index is 0.250. The Morgan fingerprint density at radius 3 is 1.30 bits per heavy atom. The van der Waals surface area contributed by atoms with Gasteiger partial charge in [0.05, 0.1) is 0 Å². The van der Waals surface area contributed by atoms with E-state index in [1.165, 1.54) is 32.1 Å². The van der Waals surface area contributed by atoms with Crippen molar-refractivity contribution in [3.63, 3.8) is 0 Å². The lowest BCUT2D eigenvalue weighted by Crippen LogP contribution is -1.70. The number of hydrogen-bond donors (Lipinski definition) is 1. The van der Waals surface area contributed by atoms with E-state index in [9.17, 15) is 0 Å². The zero-order valence-electron chi connectivity index (χ0n) is 7.69. The second-order valence-electron chi connectivity index (χ2n) is 2.38. The van der Waals surface area contributed by atoms with Gasteiger partial charge in [0, 0.05) is 6.61 Å². The lowest BCUT2D eigenvalue weighted by atomic mass is 10.2. The van der Waals surface area contributed by atoms with Crippen molar-refractivity contribution < 1.29 is 5.11 Å². The van der Waals surface area contributed by atoms with Crippen LogP contribution in [0.15, 0.2) is 0 Å². The maximum absolute atomic E-state index is 7.57. The molecule has 0 aliphatic rings. The Labute approximate surface area is 65.5 Å². The monoisotopic (exact) mass is 146 g/mol. The topological polar surface area (TPSA) is 20.2 Å². The first-order valence-electron chi connectivity index (χ1n) is 4.44. The summed E-state index contributed by atoms with van der Waals surface area (Å²) in [6.07, 6.45) is 7.01. The second kappa shape index (κ2) is 16.0. The molecule has 0 aromatic carbocycles. The highest BCUT2D eigenvalue weighted by atomic mass is 16.2. The van der Waals surface area contributed by atoms with Crippen LogP contribution in [-0.2, 0) is 0 Å². The van der Waals surface area contributed by atoms with Crippen molar-refractivity contribution >= 4 is 0 Å². The fourth-order valence-electron chi connectivity index (χ4n) is 0.677. The van der Waals surface area contributed by atoms with Crippen LogP contribution in [0, 0.1) is 0 Å². The summed E-state index contributed by atoms with van der Waals surface area (Å²) in [6.45, 7) is 6.42. The summed E-state index contributed by atoms with van der Waals surface area (Å²) in [6, 6.07) is 0. The first kappa shape index (κ1) is 12.6. The molecule has 0 spiro atoms. The number of rotatable bonds is 4. The Hall–Kier alpha value is -0.0400. The molecule has 0 atom stereocenters. The van der Waals surface area contributed by atoms with Gasteiger partial charge >= 0.3 is 0 Å². The summed E-state index contributed by atoms with van der Waals surface area (Å²) < 4.78 is 0. The molecule has 0 rings (SSSR count). The maximum atomic E-state index is 7.57. The van der Waals surface area contributed by atoms with Gasteiger partial charge in [0.2, 0.25) is 0 Å². The lowest BCUT2D eigenvalue weighted by molar-refractivity contribution is 0.318. The van der Waals surface area contributed by atoms with E-state index in [1.54, 1.807) is 6.92 Å². The van der Waals surface area contributed by atoms with E-state index in [0.29, 0.717) is 0 Å². The van der Waals surface area contributed by atoms with Crippen molar-refractivity contribution in [2.24, 2.45) is 0 Å². The molecule has 0 saturated carbocycles. The molecule has 0 fully saturated rings. The average Bonchev–Trinajstić information content (AvgIpc) is 1.91. The van der Waals surface area contributed by atoms with Gasteiger partial charge in [-0.3, -0.25) is 0 Å². The zero-order chi connectivity index (χ0) is 8.24. The zero-order valence-corrected chi connectivity index (χ0v) is 7.69. The van der Waals surface area contributed by atoms with Crippen LogP contribution in [0.3, 0.4) is 0 Å². The second-order valence-corrected chi connectivity index (χ2v) is 2.38. The predicted octanol–water partition coefficient (Wildman–Crippen LogP) is 2.98. The van der Waals surface area contributed by atoms with Gasteiger partial charge < -0.3 is 5.11 Å². The molecule has 0 saturated heterocycles. The van der Waals surface area contributed by atoms with Crippen LogP contribution in [0.2, 0.25) is 0 Å². The molecule has 0 bridgehead atoms. The third-order valence-electron chi connectivity index (χ3n) is 1.21. The summed E-state index contributed by atoms with van der Waals surface area (Å²) in [4.78, 5) is 0. The highest BCUT2D eigenvalue weighted by Crippen LogP contribution is 2.00. The molecule has 0 aromatic heterocycles. The predicted molar refractivity (Wildman–Crippen MR) is 47.2 cm³/mol. The van der Waals surface area contributed by atoms with Crippen molar-refractivity contribution in [2.45, 2.75) is 52.9 Å². The Morgan fingerprint density at radius 1 is 0.800 bits per heavy atom. The Bertz CT molecular complexity index is 31.7. The quantitative estimate of drug-likeness (QED) is 0.604. The number of hydrogen-bond acceptors (Lipinski definition) is 1. The standard InChI is InChI=1S/C7H16.C2H6O/c1-3-5-7-6-4-2;1-2-3/h3-7H2,1-2H3;3H,2H2,1H3. The minimum Gasteiger partial charge on any atom is -0.397 e. The maximum Gasteiger partial charge on any atom is 0.0402 e. The molecular weight excluding hydrogens is 124 g/mol. The third kappa shape index (κ3) is 24.6. The van der Waals surface area contributed by atoms with E-state index in [1.807, 2.05) is 0 Å². The SMILES string of the molecule is CCCCCCC.CCO. The summed E-state index contributed by atoms with van der Waals surface area (Å²) >= 11 is 0. The third-order valence-corrected chi connectivity index (χ3v) is 1.21. The molecule has 10 heavy (non-hydrogen) atoms. The Balaban J connectivity index is 0. The van der Waals surface area contributed by atoms with E-state index in [2.05, 4.69) is 13.8 Å². The highest BCUT2D eigenvalue weighted by molar-refractivity contribution is 4.35. The number of aliphatic hydroxyl groups is 1. The fourth-order valence-corrected chi connectivity index (χ4v) is 0.677. The van der Waals surface area contributed by atoms with Gasteiger partial charge in [-0.25, -0.2) is 0 Å². The molecule has 0 unspecified atom stereocenters. The first-order valence-corrected chi connectivity index (χ1v) is 4.44. The van der Waals surface area contributed by atoms with Crippen LogP contribution in [0.4, 0.5) is 0 Å². The molecule has 1 nitrogen and oxygen atoms in total. The summed E-state index contributed by atoms with van der Waals surface area (Å²) in [5.41, 5.74) is 0. The lowest BCUT2D eigenvalue weighted by Gasteiger charge is -1.90. The van der Waals surface area contributed by atoms with Crippen molar-refractivity contribution in [1.82, 2.24) is 0 Å². The van der Waals surface area contributed by atoms with E-state index in [-0.39, 0.29) is 6.61 Å². The molecule has 64 valence electrons. The molecule has 0 aromatic rings. The summed E-state index contributed by atoms with van der Waals surface area (Å²) in [7, 11) is 0. The summed E-state index contributed by atoms with van der Waals surface area (Å²) in [5, 5.41) is 7.57. The number of aliphatic hydroxyl groups excluding tert-OH is 1. The van der Waals surface area contributed by atoms with Gasteiger partial charge in [0.25, 0.3) is 0 Å². The molecule has 0 amide bonds. The van der Waals surface area contributed by atoms with Gasteiger partial charge in [-0.2, -0.15) is 0 Å². The fraction of sp³-hybridized carbons (Fsp3) is 1.00. The van der Waals surface area contributed by atoms with Crippen LogP contribution < -0.4 is 0 Å². The van der Waals surface area contributed by atoms with Crippen LogP contribution in [0.25, 0.3) is 0 Å². The van der Waals surface area contributed by atoms with Crippen LogP contribution in [0.1, 0.15) is 52.9 Å². The van der Waals surface area contributed by atoms with E-state index in [4.69, 9.17) is 5.11 Å². The van der Waals surface area contributed by atoms with Crippen LogP contribution in [0.5, 0.6) is 0 Å². The molecule has 1 heteroatoms. The Kier molecular flexibility index (Phi) is 20.2. The smallest absolute Gasteiger partial charge is 0.0402 e. The molecule has 1 N–H and O–H groups in total. The Morgan fingerprint density at radius 2 is 1.10 bits per heavy atom. The van der Waals surface area contributed by atoms with Crippen LogP contribution >= 0.6 is 0 Å². The molecule has 0 aliphatic carbocycles. The van der Waals surface area contributed by atoms with Gasteiger partial charge in [-0.1, -0.05) is 46.0 Å².